The molecule has 2 heteroatoms. The molecular formula is C14H28N2. The van der Waals surface area contributed by atoms with E-state index in [0.29, 0.717) is 12.1 Å². The zero-order chi connectivity index (χ0) is 11.5. The third-order valence-electron chi connectivity index (χ3n) is 4.68. The number of hydrogen-bond donors (Lipinski definition) is 1. The van der Waals surface area contributed by atoms with Crippen molar-refractivity contribution in [3.05, 3.63) is 0 Å². The Balaban J connectivity index is 2.06. The number of nitrogens with two attached hydrogens (primary N) is 1. The maximum atomic E-state index is 6.39. The first kappa shape index (κ1) is 12.4. The van der Waals surface area contributed by atoms with Crippen molar-refractivity contribution >= 4 is 0 Å². The standard InChI is InChI=1S/C14H28N2/c1-11-7-6-8-12(2)16(11)14-10-5-3-4-9-13(14)15/h11-14H,3-10,15H2,1-2H3. The second kappa shape index (κ2) is 5.50. The topological polar surface area (TPSA) is 29.3 Å². The van der Waals surface area contributed by atoms with Gasteiger partial charge in [-0.05, 0) is 39.5 Å². The van der Waals surface area contributed by atoms with Gasteiger partial charge >= 0.3 is 0 Å². The van der Waals surface area contributed by atoms with E-state index in [1.54, 1.807) is 0 Å². The molecule has 1 saturated carbocycles. The van der Waals surface area contributed by atoms with E-state index in [1.807, 2.05) is 0 Å². The van der Waals surface area contributed by atoms with E-state index in [1.165, 1.54) is 51.4 Å². The molecule has 1 heterocycles. The predicted octanol–water partition coefficient (Wildman–Crippen LogP) is 2.91. The van der Waals surface area contributed by atoms with Gasteiger partial charge in [0.15, 0.2) is 0 Å². The van der Waals surface area contributed by atoms with E-state index in [-0.39, 0.29) is 0 Å². The van der Waals surface area contributed by atoms with Crippen LogP contribution in [-0.4, -0.2) is 29.1 Å². The SMILES string of the molecule is CC1CCCC(C)N1C1CCCCCC1N. The lowest BCUT2D eigenvalue weighted by Crippen LogP contribution is -2.56. The molecule has 2 rings (SSSR count). The highest BCUT2D eigenvalue weighted by Gasteiger charge is 2.34. The first-order chi connectivity index (χ1) is 7.70. The van der Waals surface area contributed by atoms with Gasteiger partial charge in [0.25, 0.3) is 0 Å². The van der Waals surface area contributed by atoms with E-state index in [9.17, 15) is 0 Å². The Morgan fingerprint density at radius 1 is 0.812 bits per heavy atom. The molecule has 1 aliphatic carbocycles. The van der Waals surface area contributed by atoms with E-state index in [2.05, 4.69) is 18.7 Å². The summed E-state index contributed by atoms with van der Waals surface area (Å²) in [5.74, 6) is 0. The molecule has 2 N–H and O–H groups in total. The van der Waals surface area contributed by atoms with Crippen LogP contribution in [0.1, 0.15) is 65.2 Å². The van der Waals surface area contributed by atoms with Gasteiger partial charge in [-0.15, -0.1) is 0 Å². The Kier molecular flexibility index (Phi) is 4.26. The highest BCUT2D eigenvalue weighted by Crippen LogP contribution is 2.30. The summed E-state index contributed by atoms with van der Waals surface area (Å²) in [4.78, 5) is 2.75. The fourth-order valence-corrected chi connectivity index (χ4v) is 3.78. The van der Waals surface area contributed by atoms with Crippen LogP contribution in [0.2, 0.25) is 0 Å². The van der Waals surface area contributed by atoms with Gasteiger partial charge < -0.3 is 5.73 Å². The van der Waals surface area contributed by atoms with Crippen molar-refractivity contribution in [2.24, 2.45) is 5.73 Å². The lowest BCUT2D eigenvalue weighted by Gasteiger charge is -2.46. The summed E-state index contributed by atoms with van der Waals surface area (Å²) in [5, 5.41) is 0. The molecule has 0 radical (unpaired) electrons. The number of rotatable bonds is 1. The number of nitrogens with zero attached hydrogens (tertiary/aromatic N) is 1. The van der Waals surface area contributed by atoms with Crippen molar-refractivity contribution in [1.82, 2.24) is 4.90 Å². The Bertz CT molecular complexity index is 207. The summed E-state index contributed by atoms with van der Waals surface area (Å²) in [6, 6.07) is 2.58. The maximum Gasteiger partial charge on any atom is 0.0252 e. The summed E-state index contributed by atoms with van der Waals surface area (Å²) in [7, 11) is 0. The van der Waals surface area contributed by atoms with Gasteiger partial charge in [-0.1, -0.05) is 25.7 Å². The lowest BCUT2D eigenvalue weighted by molar-refractivity contribution is 0.0395. The molecule has 0 aromatic heterocycles. The molecule has 16 heavy (non-hydrogen) atoms. The van der Waals surface area contributed by atoms with Gasteiger partial charge in [0, 0.05) is 24.2 Å². The van der Waals surface area contributed by atoms with Crippen molar-refractivity contribution in [3.63, 3.8) is 0 Å². The second-order valence-electron chi connectivity index (χ2n) is 5.95. The minimum atomic E-state index is 0.422. The molecule has 1 saturated heterocycles. The zero-order valence-electron chi connectivity index (χ0n) is 11.0. The molecule has 4 unspecified atom stereocenters. The molecule has 0 amide bonds. The van der Waals surface area contributed by atoms with Crippen molar-refractivity contribution < 1.29 is 0 Å². The van der Waals surface area contributed by atoms with Crippen LogP contribution in [0, 0.1) is 0 Å². The van der Waals surface area contributed by atoms with Gasteiger partial charge in [-0.25, -0.2) is 0 Å². The quantitative estimate of drug-likeness (QED) is 0.694. The van der Waals surface area contributed by atoms with Crippen LogP contribution in [0.25, 0.3) is 0 Å². The van der Waals surface area contributed by atoms with Crippen LogP contribution in [0.4, 0.5) is 0 Å². The summed E-state index contributed by atoms with van der Waals surface area (Å²) >= 11 is 0. The molecule has 2 fully saturated rings. The monoisotopic (exact) mass is 224 g/mol. The van der Waals surface area contributed by atoms with Crippen LogP contribution in [0.3, 0.4) is 0 Å². The molecule has 0 aromatic carbocycles. The zero-order valence-corrected chi connectivity index (χ0v) is 11.0. The average Bonchev–Trinajstić information content (AvgIpc) is 2.44. The Morgan fingerprint density at radius 2 is 1.44 bits per heavy atom. The molecular weight excluding hydrogens is 196 g/mol. The highest BCUT2D eigenvalue weighted by molar-refractivity contribution is 4.91. The Labute approximate surface area is 101 Å². The highest BCUT2D eigenvalue weighted by atomic mass is 15.2. The third kappa shape index (κ3) is 2.60. The van der Waals surface area contributed by atoms with Crippen molar-refractivity contribution in [1.29, 1.82) is 0 Å². The molecule has 2 nitrogen and oxygen atoms in total. The minimum Gasteiger partial charge on any atom is -0.326 e. The van der Waals surface area contributed by atoms with Gasteiger partial charge in [0.1, 0.15) is 0 Å². The first-order valence-corrected chi connectivity index (χ1v) is 7.23. The van der Waals surface area contributed by atoms with E-state index in [4.69, 9.17) is 5.73 Å². The van der Waals surface area contributed by atoms with Crippen LogP contribution in [0.5, 0.6) is 0 Å². The smallest absolute Gasteiger partial charge is 0.0252 e. The van der Waals surface area contributed by atoms with E-state index in [0.717, 1.165) is 12.1 Å². The van der Waals surface area contributed by atoms with Crippen LogP contribution in [0.15, 0.2) is 0 Å². The molecule has 0 aromatic rings. The molecule has 1 aliphatic heterocycles. The third-order valence-corrected chi connectivity index (χ3v) is 4.68. The number of likely N-dealkylation sites (tertiary alicyclic amines) is 1. The molecule has 2 aliphatic rings. The Morgan fingerprint density at radius 3 is 2.12 bits per heavy atom. The van der Waals surface area contributed by atoms with Crippen LogP contribution < -0.4 is 5.73 Å². The molecule has 0 bridgehead atoms. The van der Waals surface area contributed by atoms with E-state index < -0.39 is 0 Å². The summed E-state index contributed by atoms with van der Waals surface area (Å²) in [6.07, 6.45) is 10.8. The molecule has 4 atom stereocenters. The van der Waals surface area contributed by atoms with Crippen molar-refractivity contribution in [3.8, 4) is 0 Å². The molecule has 0 spiro atoms. The van der Waals surface area contributed by atoms with Crippen LogP contribution >= 0.6 is 0 Å². The molecule has 94 valence electrons. The van der Waals surface area contributed by atoms with Gasteiger partial charge in [0.2, 0.25) is 0 Å². The number of piperidine rings is 1. The first-order valence-electron chi connectivity index (χ1n) is 7.23. The summed E-state index contributed by atoms with van der Waals surface area (Å²) < 4.78 is 0. The fourth-order valence-electron chi connectivity index (χ4n) is 3.78. The van der Waals surface area contributed by atoms with Crippen molar-refractivity contribution in [2.45, 2.75) is 89.4 Å². The maximum absolute atomic E-state index is 6.39. The largest absolute Gasteiger partial charge is 0.326 e. The normalized spacial score (nSPS) is 42.9. The predicted molar refractivity (Wildman–Crippen MR) is 69.5 cm³/mol. The van der Waals surface area contributed by atoms with Crippen molar-refractivity contribution in [2.75, 3.05) is 0 Å². The van der Waals surface area contributed by atoms with Gasteiger partial charge in [0.05, 0.1) is 0 Å². The van der Waals surface area contributed by atoms with Gasteiger partial charge in [-0.3, -0.25) is 4.90 Å². The van der Waals surface area contributed by atoms with Gasteiger partial charge in [-0.2, -0.15) is 0 Å². The van der Waals surface area contributed by atoms with Crippen LogP contribution in [-0.2, 0) is 0 Å². The fraction of sp³-hybridized carbons (Fsp3) is 1.00. The summed E-state index contributed by atoms with van der Waals surface area (Å²) in [6.45, 7) is 4.79. The minimum absolute atomic E-state index is 0.422. The van der Waals surface area contributed by atoms with E-state index >= 15 is 0 Å². The Hall–Kier alpha value is -0.0800. The lowest BCUT2D eigenvalue weighted by atomic mass is 9.91. The number of hydrogen-bond acceptors (Lipinski definition) is 2. The second-order valence-corrected chi connectivity index (χ2v) is 5.95. The average molecular weight is 224 g/mol. The summed E-state index contributed by atoms with van der Waals surface area (Å²) in [5.41, 5.74) is 6.39.